The van der Waals surface area contributed by atoms with Crippen molar-refractivity contribution in [1.82, 2.24) is 5.48 Å². The highest BCUT2D eigenvalue weighted by Gasteiger charge is 2.01. The lowest BCUT2D eigenvalue weighted by atomic mass is 9.99. The molecule has 0 unspecified atom stereocenters. The highest BCUT2D eigenvalue weighted by Crippen LogP contribution is 2.24. The summed E-state index contributed by atoms with van der Waals surface area (Å²) in [7, 11) is 0. The Kier molecular flexibility index (Phi) is 3.58. The smallest absolute Gasteiger partial charge is 0.0246 e. The van der Waals surface area contributed by atoms with Crippen molar-refractivity contribution in [2.45, 2.75) is 6.92 Å². The van der Waals surface area contributed by atoms with Gasteiger partial charge in [-0.25, -0.2) is 0 Å². The van der Waals surface area contributed by atoms with E-state index in [1.807, 2.05) is 29.8 Å². The van der Waals surface area contributed by atoms with Crippen LogP contribution >= 0.6 is 0 Å². The molecule has 0 saturated carbocycles. The van der Waals surface area contributed by atoms with E-state index in [1.165, 1.54) is 17.3 Å². The lowest BCUT2D eigenvalue weighted by Crippen LogP contribution is -1.92. The Bertz CT molecular complexity index is 515. The van der Waals surface area contributed by atoms with Crippen molar-refractivity contribution in [2.24, 2.45) is 0 Å². The SMILES string of the molecule is Cc1ccc(-c2ccccc2/C=C/NO)cc1. The van der Waals surface area contributed by atoms with Crippen molar-refractivity contribution in [1.29, 1.82) is 0 Å². The Labute approximate surface area is 101 Å². The second kappa shape index (κ2) is 5.32. The second-order valence-electron chi connectivity index (χ2n) is 3.92. The summed E-state index contributed by atoms with van der Waals surface area (Å²) in [6.07, 6.45) is 3.35. The van der Waals surface area contributed by atoms with Crippen molar-refractivity contribution in [3.05, 3.63) is 65.9 Å². The zero-order chi connectivity index (χ0) is 12.1. The number of benzene rings is 2. The molecule has 2 aromatic carbocycles. The van der Waals surface area contributed by atoms with Gasteiger partial charge in [-0.15, -0.1) is 0 Å². The third-order valence-corrected chi connectivity index (χ3v) is 2.66. The van der Waals surface area contributed by atoms with Gasteiger partial charge in [0.1, 0.15) is 0 Å². The Hall–Kier alpha value is -2.06. The minimum atomic E-state index is 1.07. The third kappa shape index (κ3) is 2.74. The lowest BCUT2D eigenvalue weighted by Gasteiger charge is -2.06. The van der Waals surface area contributed by atoms with E-state index in [1.54, 1.807) is 0 Å². The van der Waals surface area contributed by atoms with Crippen molar-refractivity contribution in [3.8, 4) is 11.1 Å². The molecule has 2 heteroatoms. The van der Waals surface area contributed by atoms with E-state index < -0.39 is 0 Å². The Morgan fingerprint density at radius 1 is 1.00 bits per heavy atom. The molecule has 2 rings (SSSR count). The summed E-state index contributed by atoms with van der Waals surface area (Å²) in [5.41, 5.74) is 6.67. The summed E-state index contributed by atoms with van der Waals surface area (Å²) in [5.74, 6) is 0. The fourth-order valence-electron chi connectivity index (χ4n) is 1.77. The quantitative estimate of drug-likeness (QED) is 0.782. The molecule has 17 heavy (non-hydrogen) atoms. The normalized spacial score (nSPS) is 10.7. The van der Waals surface area contributed by atoms with Crippen molar-refractivity contribution >= 4 is 6.08 Å². The maximum absolute atomic E-state index is 8.59. The molecule has 0 radical (unpaired) electrons. The van der Waals surface area contributed by atoms with E-state index in [-0.39, 0.29) is 0 Å². The predicted molar refractivity (Wildman–Crippen MR) is 70.6 cm³/mol. The number of nitrogens with one attached hydrogen (secondary N) is 1. The summed E-state index contributed by atoms with van der Waals surface area (Å²) in [6, 6.07) is 16.5. The first-order valence-corrected chi connectivity index (χ1v) is 5.53. The number of hydrogen-bond donors (Lipinski definition) is 2. The Morgan fingerprint density at radius 3 is 2.41 bits per heavy atom. The fourth-order valence-corrected chi connectivity index (χ4v) is 1.77. The van der Waals surface area contributed by atoms with Crippen LogP contribution in [0, 0.1) is 6.92 Å². The average molecular weight is 225 g/mol. The van der Waals surface area contributed by atoms with E-state index in [0.717, 1.165) is 11.1 Å². The first-order valence-electron chi connectivity index (χ1n) is 5.53. The molecule has 0 atom stereocenters. The molecule has 0 amide bonds. The minimum Gasteiger partial charge on any atom is -0.292 e. The summed E-state index contributed by atoms with van der Waals surface area (Å²) in [5, 5.41) is 8.59. The summed E-state index contributed by atoms with van der Waals surface area (Å²) < 4.78 is 0. The van der Waals surface area contributed by atoms with Crippen LogP contribution < -0.4 is 5.48 Å². The van der Waals surface area contributed by atoms with Crippen LogP contribution in [0.15, 0.2) is 54.7 Å². The molecule has 0 aliphatic heterocycles. The van der Waals surface area contributed by atoms with Crippen LogP contribution in [0.1, 0.15) is 11.1 Å². The third-order valence-electron chi connectivity index (χ3n) is 2.66. The molecule has 0 bridgehead atoms. The monoisotopic (exact) mass is 225 g/mol. The van der Waals surface area contributed by atoms with Gasteiger partial charge < -0.3 is 0 Å². The summed E-state index contributed by atoms with van der Waals surface area (Å²) >= 11 is 0. The van der Waals surface area contributed by atoms with Gasteiger partial charge in [0, 0.05) is 6.20 Å². The lowest BCUT2D eigenvalue weighted by molar-refractivity contribution is 0.215. The predicted octanol–water partition coefficient (Wildman–Crippen LogP) is 3.61. The molecule has 0 spiro atoms. The van der Waals surface area contributed by atoms with Crippen LogP contribution in [0.3, 0.4) is 0 Å². The number of hydroxylamine groups is 1. The second-order valence-corrected chi connectivity index (χ2v) is 3.92. The molecule has 86 valence electrons. The highest BCUT2D eigenvalue weighted by molar-refractivity contribution is 5.75. The van der Waals surface area contributed by atoms with Gasteiger partial charge in [-0.3, -0.25) is 10.7 Å². The van der Waals surface area contributed by atoms with E-state index in [2.05, 4.69) is 37.3 Å². The van der Waals surface area contributed by atoms with Gasteiger partial charge in [0.25, 0.3) is 0 Å². The summed E-state index contributed by atoms with van der Waals surface area (Å²) in [4.78, 5) is 0. The zero-order valence-corrected chi connectivity index (χ0v) is 9.72. The van der Waals surface area contributed by atoms with Gasteiger partial charge in [0.2, 0.25) is 0 Å². The molecule has 2 nitrogen and oxygen atoms in total. The largest absolute Gasteiger partial charge is 0.292 e. The first kappa shape index (κ1) is 11.4. The fraction of sp³-hybridized carbons (Fsp3) is 0.0667. The van der Waals surface area contributed by atoms with Crippen LogP contribution in [-0.4, -0.2) is 5.21 Å². The van der Waals surface area contributed by atoms with Gasteiger partial charge in [0.05, 0.1) is 0 Å². The molecule has 2 N–H and O–H groups in total. The van der Waals surface area contributed by atoms with Crippen molar-refractivity contribution in [2.75, 3.05) is 0 Å². The van der Waals surface area contributed by atoms with E-state index in [9.17, 15) is 0 Å². The average Bonchev–Trinajstić information content (AvgIpc) is 2.38. The number of aryl methyl sites for hydroxylation is 1. The molecular weight excluding hydrogens is 210 g/mol. The van der Waals surface area contributed by atoms with Crippen molar-refractivity contribution in [3.63, 3.8) is 0 Å². The minimum absolute atomic E-state index is 1.07. The standard InChI is InChI=1S/C15H15NO/c1-12-6-8-14(9-7-12)15-5-3-2-4-13(15)10-11-16-17/h2-11,16-17H,1H3/b11-10+. The molecule has 2 aromatic rings. The Morgan fingerprint density at radius 2 is 1.71 bits per heavy atom. The molecule has 0 saturated heterocycles. The topological polar surface area (TPSA) is 32.3 Å². The van der Waals surface area contributed by atoms with Gasteiger partial charge >= 0.3 is 0 Å². The maximum atomic E-state index is 8.59. The maximum Gasteiger partial charge on any atom is 0.0246 e. The van der Waals surface area contributed by atoms with Crippen molar-refractivity contribution < 1.29 is 5.21 Å². The van der Waals surface area contributed by atoms with Crippen LogP contribution in [0.4, 0.5) is 0 Å². The van der Waals surface area contributed by atoms with E-state index in [4.69, 9.17) is 5.21 Å². The highest BCUT2D eigenvalue weighted by atomic mass is 16.5. The molecule has 0 aromatic heterocycles. The Balaban J connectivity index is 2.44. The summed E-state index contributed by atoms with van der Waals surface area (Å²) in [6.45, 7) is 2.07. The van der Waals surface area contributed by atoms with E-state index in [0.29, 0.717) is 0 Å². The van der Waals surface area contributed by atoms with Gasteiger partial charge in [-0.1, -0.05) is 54.1 Å². The molecule has 0 aliphatic rings. The molecule has 0 fully saturated rings. The molecule has 0 heterocycles. The number of rotatable bonds is 3. The van der Waals surface area contributed by atoms with Crippen LogP contribution in [-0.2, 0) is 0 Å². The van der Waals surface area contributed by atoms with Gasteiger partial charge in [-0.05, 0) is 29.7 Å². The number of hydrogen-bond acceptors (Lipinski definition) is 2. The van der Waals surface area contributed by atoms with Gasteiger partial charge in [0.15, 0.2) is 0 Å². The van der Waals surface area contributed by atoms with Crippen LogP contribution in [0.25, 0.3) is 17.2 Å². The zero-order valence-electron chi connectivity index (χ0n) is 9.72. The van der Waals surface area contributed by atoms with E-state index >= 15 is 0 Å². The molecular formula is C15H15NO. The van der Waals surface area contributed by atoms with Crippen LogP contribution in [0.2, 0.25) is 0 Å². The van der Waals surface area contributed by atoms with Gasteiger partial charge in [-0.2, -0.15) is 0 Å². The molecule has 0 aliphatic carbocycles. The first-order chi connectivity index (χ1) is 8.31. The van der Waals surface area contributed by atoms with Crippen LogP contribution in [0.5, 0.6) is 0 Å².